The van der Waals surface area contributed by atoms with Crippen molar-refractivity contribution in [1.82, 2.24) is 4.98 Å². The Labute approximate surface area is 164 Å². The quantitative estimate of drug-likeness (QED) is 0.572. The first-order chi connectivity index (χ1) is 12.6. The fourth-order valence-electron chi connectivity index (χ4n) is 2.16. The molecule has 0 bridgehead atoms. The minimum absolute atomic E-state index is 0.0854. The van der Waals surface area contributed by atoms with E-state index in [1.54, 1.807) is 31.6 Å². The van der Waals surface area contributed by atoms with Gasteiger partial charge in [0, 0.05) is 16.8 Å². The minimum Gasteiger partial charge on any atom is -0.495 e. The van der Waals surface area contributed by atoms with Gasteiger partial charge < -0.3 is 14.5 Å². The number of amides is 1. The predicted molar refractivity (Wildman–Crippen MR) is 107 cm³/mol. The van der Waals surface area contributed by atoms with Crippen molar-refractivity contribution in [3.8, 4) is 16.5 Å². The van der Waals surface area contributed by atoms with Crippen LogP contribution in [0.2, 0.25) is 5.02 Å². The molecule has 0 spiro atoms. The maximum Gasteiger partial charge on any atom is 0.237 e. The molecule has 0 aliphatic rings. The molecule has 8 heteroatoms. The Morgan fingerprint density at radius 2 is 2.31 bits per heavy atom. The van der Waals surface area contributed by atoms with Gasteiger partial charge in [-0.15, -0.1) is 23.1 Å². The number of benzene rings is 1. The number of rotatable bonds is 7. The van der Waals surface area contributed by atoms with Crippen LogP contribution < -0.4 is 10.1 Å². The van der Waals surface area contributed by atoms with E-state index in [0.29, 0.717) is 22.2 Å². The number of carbonyl (C=O) groups is 1. The Kier molecular flexibility index (Phi) is 6.24. The van der Waals surface area contributed by atoms with Crippen LogP contribution in [0.4, 0.5) is 5.69 Å². The number of halogens is 1. The number of thioether (sulfide) groups is 1. The predicted octanol–water partition coefficient (Wildman–Crippen LogP) is 5.33. The molecule has 1 N–H and O–H groups in total. The normalized spacial score (nSPS) is 12.0. The number of aromatic nitrogens is 1. The van der Waals surface area contributed by atoms with Crippen LogP contribution >= 0.6 is 34.7 Å². The summed E-state index contributed by atoms with van der Waals surface area (Å²) in [6.07, 6.45) is 1.63. The van der Waals surface area contributed by atoms with Gasteiger partial charge in [0.2, 0.25) is 5.91 Å². The molecule has 0 saturated heterocycles. The van der Waals surface area contributed by atoms with Crippen LogP contribution in [0, 0.1) is 0 Å². The van der Waals surface area contributed by atoms with Crippen molar-refractivity contribution in [3.05, 3.63) is 52.7 Å². The van der Waals surface area contributed by atoms with Gasteiger partial charge in [0.15, 0.2) is 10.8 Å². The van der Waals surface area contributed by atoms with Gasteiger partial charge in [0.25, 0.3) is 0 Å². The molecule has 1 aromatic carbocycles. The molecule has 3 aromatic rings. The number of thiazole rings is 1. The van der Waals surface area contributed by atoms with Gasteiger partial charge in [-0.1, -0.05) is 11.6 Å². The van der Waals surface area contributed by atoms with Crippen LogP contribution in [0.3, 0.4) is 0 Å². The molecule has 0 saturated carbocycles. The highest BCUT2D eigenvalue weighted by Crippen LogP contribution is 2.29. The van der Waals surface area contributed by atoms with E-state index in [1.165, 1.54) is 23.1 Å². The summed E-state index contributed by atoms with van der Waals surface area (Å²) >= 11 is 9.13. The number of anilines is 1. The third kappa shape index (κ3) is 4.60. The molecule has 136 valence electrons. The van der Waals surface area contributed by atoms with Gasteiger partial charge in [0.1, 0.15) is 5.75 Å². The molecule has 0 radical (unpaired) electrons. The number of carbonyl (C=O) groups excluding carboxylic acids is 1. The molecule has 5 nitrogen and oxygen atoms in total. The summed E-state index contributed by atoms with van der Waals surface area (Å²) in [5, 5.41) is 5.92. The van der Waals surface area contributed by atoms with E-state index < -0.39 is 0 Å². The van der Waals surface area contributed by atoms with Crippen LogP contribution in [0.25, 0.3) is 10.8 Å². The van der Waals surface area contributed by atoms with Crippen molar-refractivity contribution >= 4 is 46.3 Å². The molecule has 0 aliphatic heterocycles. The molecule has 0 aliphatic carbocycles. The van der Waals surface area contributed by atoms with Crippen LogP contribution in [0.1, 0.15) is 12.6 Å². The van der Waals surface area contributed by atoms with E-state index in [-0.39, 0.29) is 11.2 Å². The Morgan fingerprint density at radius 1 is 1.46 bits per heavy atom. The highest BCUT2D eigenvalue weighted by molar-refractivity contribution is 7.99. The first kappa shape index (κ1) is 18.8. The first-order valence-electron chi connectivity index (χ1n) is 7.81. The van der Waals surface area contributed by atoms with Crippen molar-refractivity contribution in [2.75, 3.05) is 12.4 Å². The lowest BCUT2D eigenvalue weighted by Crippen LogP contribution is -2.22. The van der Waals surface area contributed by atoms with Crippen molar-refractivity contribution in [2.45, 2.75) is 17.9 Å². The lowest BCUT2D eigenvalue weighted by atomic mass is 10.3. The van der Waals surface area contributed by atoms with E-state index in [2.05, 4.69) is 10.3 Å². The monoisotopic (exact) mass is 408 g/mol. The summed E-state index contributed by atoms with van der Waals surface area (Å²) in [6.45, 7) is 1.87. The number of hydrogen-bond donors (Lipinski definition) is 1. The van der Waals surface area contributed by atoms with E-state index in [4.69, 9.17) is 20.8 Å². The summed E-state index contributed by atoms with van der Waals surface area (Å²) in [7, 11) is 1.55. The zero-order valence-electron chi connectivity index (χ0n) is 14.2. The molecule has 2 heterocycles. The van der Waals surface area contributed by atoms with E-state index >= 15 is 0 Å². The van der Waals surface area contributed by atoms with E-state index in [9.17, 15) is 4.79 Å². The summed E-state index contributed by atoms with van der Waals surface area (Å²) in [4.78, 5) is 16.9. The van der Waals surface area contributed by atoms with E-state index in [1.807, 2.05) is 24.4 Å². The Balaban J connectivity index is 1.54. The minimum atomic E-state index is -0.232. The molecule has 1 amide bonds. The molecule has 3 rings (SSSR count). The molecular weight excluding hydrogens is 392 g/mol. The maximum atomic E-state index is 12.4. The number of nitrogens with zero attached hydrogens (tertiary/aromatic N) is 1. The molecule has 2 aromatic heterocycles. The fourth-order valence-corrected chi connectivity index (χ4v) is 4.09. The Morgan fingerprint density at radius 3 is 3.00 bits per heavy atom. The highest BCUT2D eigenvalue weighted by Gasteiger charge is 2.16. The zero-order chi connectivity index (χ0) is 18.5. The van der Waals surface area contributed by atoms with Crippen LogP contribution in [-0.2, 0) is 10.5 Å². The SMILES string of the molecule is COc1ccc(NC(=O)C(C)SCc2csc(-c3ccco3)n2)cc1Cl. The average Bonchev–Trinajstić information content (AvgIpc) is 3.31. The second-order valence-electron chi connectivity index (χ2n) is 5.41. The number of hydrogen-bond acceptors (Lipinski definition) is 6. The fraction of sp³-hybridized carbons (Fsp3) is 0.222. The highest BCUT2D eigenvalue weighted by atomic mass is 35.5. The van der Waals surface area contributed by atoms with Crippen LogP contribution in [-0.4, -0.2) is 23.3 Å². The summed E-state index contributed by atoms with van der Waals surface area (Å²) in [5.41, 5.74) is 1.57. The molecule has 26 heavy (non-hydrogen) atoms. The van der Waals surface area contributed by atoms with Gasteiger partial charge >= 0.3 is 0 Å². The molecule has 1 atom stereocenters. The number of ether oxygens (including phenoxy) is 1. The lowest BCUT2D eigenvalue weighted by molar-refractivity contribution is -0.115. The summed E-state index contributed by atoms with van der Waals surface area (Å²) in [5.74, 6) is 1.89. The van der Waals surface area contributed by atoms with Crippen molar-refractivity contribution in [1.29, 1.82) is 0 Å². The smallest absolute Gasteiger partial charge is 0.237 e. The van der Waals surface area contributed by atoms with Crippen LogP contribution in [0.15, 0.2) is 46.4 Å². The zero-order valence-corrected chi connectivity index (χ0v) is 16.6. The van der Waals surface area contributed by atoms with Crippen molar-refractivity contribution in [3.63, 3.8) is 0 Å². The topological polar surface area (TPSA) is 64.4 Å². The summed E-state index contributed by atoms with van der Waals surface area (Å²) in [6, 6.07) is 8.87. The van der Waals surface area contributed by atoms with Crippen molar-refractivity contribution < 1.29 is 13.9 Å². The standard InChI is InChI=1S/C18H17ClN2O3S2/c1-11(17(22)20-12-5-6-15(23-2)14(19)8-12)25-9-13-10-26-18(21-13)16-4-3-7-24-16/h3-8,10-11H,9H2,1-2H3,(H,20,22). The Hall–Kier alpha value is -1.96. The van der Waals surface area contributed by atoms with Gasteiger partial charge in [0.05, 0.1) is 29.3 Å². The second kappa shape index (κ2) is 8.62. The molecule has 0 fully saturated rings. The van der Waals surface area contributed by atoms with Gasteiger partial charge in [-0.05, 0) is 37.3 Å². The molecular formula is C18H17ClN2O3S2. The van der Waals surface area contributed by atoms with Crippen molar-refractivity contribution in [2.24, 2.45) is 0 Å². The number of methoxy groups -OCH3 is 1. The lowest BCUT2D eigenvalue weighted by Gasteiger charge is -2.12. The maximum absolute atomic E-state index is 12.4. The van der Waals surface area contributed by atoms with Gasteiger partial charge in [-0.2, -0.15) is 0 Å². The summed E-state index contributed by atoms with van der Waals surface area (Å²) < 4.78 is 10.5. The molecule has 1 unspecified atom stereocenters. The average molecular weight is 409 g/mol. The van der Waals surface area contributed by atoms with Gasteiger partial charge in [-0.25, -0.2) is 4.98 Å². The third-order valence-electron chi connectivity index (χ3n) is 3.55. The Bertz CT molecular complexity index is 880. The first-order valence-corrected chi connectivity index (χ1v) is 10.1. The van der Waals surface area contributed by atoms with Gasteiger partial charge in [-0.3, -0.25) is 4.79 Å². The van der Waals surface area contributed by atoms with Crippen LogP contribution in [0.5, 0.6) is 5.75 Å². The largest absolute Gasteiger partial charge is 0.495 e. The van der Waals surface area contributed by atoms with E-state index in [0.717, 1.165) is 16.5 Å². The third-order valence-corrected chi connectivity index (χ3v) is 5.93. The number of nitrogens with one attached hydrogen (secondary N) is 1. The second-order valence-corrected chi connectivity index (χ2v) is 8.01. The number of furan rings is 1.